The molecule has 0 amide bonds. The Morgan fingerprint density at radius 1 is 0.892 bits per heavy atom. The van der Waals surface area contributed by atoms with Crippen molar-refractivity contribution in [3.63, 3.8) is 0 Å². The molecule has 1 aliphatic carbocycles. The third-order valence-corrected chi connectivity index (χ3v) is 8.13. The Labute approximate surface area is 221 Å². The summed E-state index contributed by atoms with van der Waals surface area (Å²) in [6.07, 6.45) is 6.18. The van der Waals surface area contributed by atoms with Gasteiger partial charge in [-0.2, -0.15) is 10.5 Å². The molecule has 5 heteroatoms. The van der Waals surface area contributed by atoms with E-state index in [2.05, 4.69) is 41.3 Å². The van der Waals surface area contributed by atoms with Crippen LogP contribution in [0, 0.1) is 34.5 Å². The number of ketones is 1. The van der Waals surface area contributed by atoms with Crippen molar-refractivity contribution < 1.29 is 4.79 Å². The molecular weight excluding hydrogens is 478 g/mol. The summed E-state index contributed by atoms with van der Waals surface area (Å²) >= 11 is 6.27. The molecule has 3 aromatic carbocycles. The lowest BCUT2D eigenvalue weighted by Gasteiger charge is -2.36. The molecule has 2 fully saturated rings. The van der Waals surface area contributed by atoms with Gasteiger partial charge in [0.1, 0.15) is 23.8 Å². The lowest BCUT2D eigenvalue weighted by atomic mass is 9.73. The highest BCUT2D eigenvalue weighted by Crippen LogP contribution is 2.56. The number of Topliss-reactive ketones (excluding diaryl/α,β-unsaturated/α-hetero) is 1. The number of nitriles is 2. The van der Waals surface area contributed by atoms with Crippen LogP contribution in [0.5, 0.6) is 0 Å². The minimum Gasteiger partial charge on any atom is -0.353 e. The maximum absolute atomic E-state index is 14.4. The number of halogens is 1. The lowest BCUT2D eigenvalue weighted by molar-refractivity contribution is 0.0952. The number of fused-ring (bicyclic) bond motifs is 3. The highest BCUT2D eigenvalue weighted by atomic mass is 35.5. The molecular formula is C32H24ClN3O. The van der Waals surface area contributed by atoms with Crippen LogP contribution in [0.3, 0.4) is 0 Å². The second-order valence-electron chi connectivity index (χ2n) is 9.92. The number of carbonyl (C=O) groups is 1. The monoisotopic (exact) mass is 501 g/mol. The zero-order valence-electron chi connectivity index (χ0n) is 20.1. The molecule has 0 radical (unpaired) electrons. The molecule has 0 unspecified atom stereocenters. The highest BCUT2D eigenvalue weighted by molar-refractivity contribution is 6.30. The maximum atomic E-state index is 14.4. The summed E-state index contributed by atoms with van der Waals surface area (Å²) in [6.45, 7) is 0. The van der Waals surface area contributed by atoms with Crippen LogP contribution in [-0.2, 0) is 0 Å². The van der Waals surface area contributed by atoms with Crippen LogP contribution in [0.25, 0.3) is 6.08 Å². The van der Waals surface area contributed by atoms with Crippen molar-refractivity contribution in [1.29, 1.82) is 10.5 Å². The lowest BCUT2D eigenvalue weighted by Crippen LogP contribution is -2.43. The van der Waals surface area contributed by atoms with Crippen LogP contribution in [0.4, 0.5) is 5.69 Å². The fourth-order valence-electron chi connectivity index (χ4n) is 6.24. The molecule has 6 rings (SSSR count). The van der Waals surface area contributed by atoms with E-state index in [1.54, 1.807) is 0 Å². The number of hydrogen-bond donors (Lipinski definition) is 0. The van der Waals surface area contributed by atoms with E-state index in [0.717, 1.165) is 35.2 Å². The average Bonchev–Trinajstić information content (AvgIpc) is 3.73. The molecule has 180 valence electrons. The van der Waals surface area contributed by atoms with Gasteiger partial charge in [0, 0.05) is 28.1 Å². The maximum Gasteiger partial charge on any atom is 0.185 e. The number of carbonyl (C=O) groups excluding carboxylic acids is 1. The van der Waals surface area contributed by atoms with E-state index in [1.165, 1.54) is 0 Å². The third kappa shape index (κ3) is 3.95. The van der Waals surface area contributed by atoms with Crippen LogP contribution < -0.4 is 4.90 Å². The number of rotatable bonds is 5. The first kappa shape index (κ1) is 23.3. The minimum absolute atomic E-state index is 0.0313. The number of allylic oxidation sites excluding steroid dienone is 1. The van der Waals surface area contributed by atoms with Crippen molar-refractivity contribution in [2.45, 2.75) is 30.8 Å². The molecule has 1 saturated heterocycles. The van der Waals surface area contributed by atoms with E-state index < -0.39 is 6.04 Å². The van der Waals surface area contributed by atoms with Crippen LogP contribution in [0.1, 0.15) is 40.2 Å². The van der Waals surface area contributed by atoms with E-state index in [4.69, 9.17) is 11.6 Å². The largest absolute Gasteiger partial charge is 0.353 e. The second kappa shape index (κ2) is 9.40. The van der Waals surface area contributed by atoms with E-state index in [-0.39, 0.29) is 35.2 Å². The number of hydrogen-bond acceptors (Lipinski definition) is 4. The summed E-state index contributed by atoms with van der Waals surface area (Å²) in [5, 5.41) is 20.6. The average molecular weight is 502 g/mol. The Bertz CT molecular complexity index is 1490. The first-order chi connectivity index (χ1) is 18.1. The van der Waals surface area contributed by atoms with Gasteiger partial charge in [0.25, 0.3) is 0 Å². The van der Waals surface area contributed by atoms with E-state index >= 15 is 0 Å². The fraction of sp³-hybridized carbons (Fsp3) is 0.219. The zero-order chi connectivity index (χ0) is 25.5. The summed E-state index contributed by atoms with van der Waals surface area (Å²) in [7, 11) is 0. The molecule has 2 heterocycles. The van der Waals surface area contributed by atoms with Gasteiger partial charge in [-0.25, -0.2) is 0 Å². The highest BCUT2D eigenvalue weighted by Gasteiger charge is 2.56. The van der Waals surface area contributed by atoms with Gasteiger partial charge in [-0.1, -0.05) is 84.4 Å². The molecule has 2 aliphatic heterocycles. The Hall–Kier alpha value is -4.12. The van der Waals surface area contributed by atoms with Crippen LogP contribution in [-0.4, -0.2) is 17.9 Å². The van der Waals surface area contributed by atoms with Gasteiger partial charge in [-0.15, -0.1) is 0 Å². The molecule has 0 N–H and O–H groups in total. The molecule has 4 atom stereocenters. The molecule has 3 aliphatic rings. The summed E-state index contributed by atoms with van der Waals surface area (Å²) in [5.41, 5.74) is 4.76. The summed E-state index contributed by atoms with van der Waals surface area (Å²) < 4.78 is 0. The molecule has 0 bridgehead atoms. The molecule has 4 nitrogen and oxygen atoms in total. The van der Waals surface area contributed by atoms with E-state index in [0.29, 0.717) is 10.6 Å². The number of anilines is 1. The molecule has 37 heavy (non-hydrogen) atoms. The fourth-order valence-corrected chi connectivity index (χ4v) is 6.36. The standard InChI is InChI=1S/C32H24ClN3O/c33-25-15-12-22(13-16-25)29-30(28(21-10-11-21)24(18-34)19-35)27-17-14-20-6-4-5-9-26(20)36(27)31(29)32(37)23-7-2-1-3-8-23/h1-9,12-17,21,27,29-31H,10-11H2/t27-,29+,30-,31-/m1/s1. The Balaban J connectivity index is 1.63. The normalized spacial score (nSPS) is 23.4. The van der Waals surface area contributed by atoms with Gasteiger partial charge in [0.2, 0.25) is 0 Å². The van der Waals surface area contributed by atoms with Crippen molar-refractivity contribution in [3.05, 3.63) is 118 Å². The summed E-state index contributed by atoms with van der Waals surface area (Å²) in [5.74, 6) is -0.251. The van der Waals surface area contributed by atoms with Crippen LogP contribution in [0.15, 0.2) is 96.1 Å². The molecule has 1 saturated carbocycles. The Kier molecular flexibility index (Phi) is 5.91. The van der Waals surface area contributed by atoms with Crippen LogP contribution in [0.2, 0.25) is 5.02 Å². The number of para-hydroxylation sites is 1. The molecule has 0 aromatic heterocycles. The summed E-state index contributed by atoms with van der Waals surface area (Å²) in [6, 6.07) is 28.9. The van der Waals surface area contributed by atoms with E-state index in [1.807, 2.05) is 66.7 Å². The van der Waals surface area contributed by atoms with Gasteiger partial charge in [-0.05, 0) is 53.7 Å². The Morgan fingerprint density at radius 3 is 2.24 bits per heavy atom. The first-order valence-electron chi connectivity index (χ1n) is 12.6. The first-order valence-corrected chi connectivity index (χ1v) is 12.9. The van der Waals surface area contributed by atoms with Crippen molar-refractivity contribution in [2.24, 2.45) is 11.8 Å². The predicted octanol–water partition coefficient (Wildman–Crippen LogP) is 6.96. The van der Waals surface area contributed by atoms with Crippen molar-refractivity contribution in [3.8, 4) is 12.1 Å². The SMILES string of the molecule is N#CC(C#N)=C(C1CC1)[C@@H]1[C@H](c2ccc(Cl)cc2)[C@H](C(=O)c2ccccc2)N2c3ccccc3C=C[C@H]12. The molecule has 0 spiro atoms. The van der Waals surface area contributed by atoms with Gasteiger partial charge in [-0.3, -0.25) is 4.79 Å². The van der Waals surface area contributed by atoms with Gasteiger partial charge < -0.3 is 4.90 Å². The second-order valence-corrected chi connectivity index (χ2v) is 10.4. The predicted molar refractivity (Wildman–Crippen MR) is 145 cm³/mol. The van der Waals surface area contributed by atoms with Gasteiger partial charge in [0.05, 0.1) is 6.04 Å². The third-order valence-electron chi connectivity index (χ3n) is 7.87. The Morgan fingerprint density at radius 2 is 1.57 bits per heavy atom. The van der Waals surface area contributed by atoms with E-state index in [9.17, 15) is 15.3 Å². The topological polar surface area (TPSA) is 67.9 Å². The van der Waals surface area contributed by atoms with Gasteiger partial charge >= 0.3 is 0 Å². The minimum atomic E-state index is -0.517. The van der Waals surface area contributed by atoms with Gasteiger partial charge in [0.15, 0.2) is 5.78 Å². The van der Waals surface area contributed by atoms with Crippen LogP contribution >= 0.6 is 11.6 Å². The summed E-state index contributed by atoms with van der Waals surface area (Å²) in [4.78, 5) is 16.6. The zero-order valence-corrected chi connectivity index (χ0v) is 20.8. The number of nitrogens with zero attached hydrogens (tertiary/aromatic N) is 3. The smallest absolute Gasteiger partial charge is 0.185 e. The van der Waals surface area contributed by atoms with Crippen molar-refractivity contribution >= 4 is 29.1 Å². The quantitative estimate of drug-likeness (QED) is 0.280. The number of benzene rings is 3. The van der Waals surface area contributed by atoms with Crippen molar-refractivity contribution in [1.82, 2.24) is 0 Å². The molecule has 3 aromatic rings. The van der Waals surface area contributed by atoms with Crippen molar-refractivity contribution in [2.75, 3.05) is 4.90 Å².